The summed E-state index contributed by atoms with van der Waals surface area (Å²) >= 11 is 0. The third-order valence-electron chi connectivity index (χ3n) is 7.11. The van der Waals surface area contributed by atoms with Crippen molar-refractivity contribution in [2.75, 3.05) is 24.7 Å². The van der Waals surface area contributed by atoms with Crippen LogP contribution in [-0.2, 0) is 21.2 Å². The standard InChI is InChI=1S/C26H31N5O5S/c1-6-7-16-11-28-24(35-17-13-31(14-17)37(5,33)34)20-12-27-22(10-19(16)20)29-21-9-8-18-23(30-21)15(2)26(3,4)36-25(18)32/h8-12,15,17H,6-7,13-14H2,1-5H3,(H,27,29,30). The second kappa shape index (κ2) is 9.21. The Hall–Kier alpha value is -3.31. The third-order valence-corrected chi connectivity index (χ3v) is 8.34. The molecule has 0 spiro atoms. The van der Waals surface area contributed by atoms with Crippen molar-refractivity contribution in [2.24, 2.45) is 0 Å². The second-order valence-electron chi connectivity index (χ2n) is 10.2. The van der Waals surface area contributed by atoms with Crippen LogP contribution in [0.15, 0.2) is 30.6 Å². The minimum Gasteiger partial charge on any atom is -0.471 e. The maximum Gasteiger partial charge on any atom is 0.340 e. The van der Waals surface area contributed by atoms with Crippen LogP contribution in [0.25, 0.3) is 10.8 Å². The molecule has 2 aliphatic rings. The molecule has 2 aliphatic heterocycles. The summed E-state index contributed by atoms with van der Waals surface area (Å²) in [5.41, 5.74) is 1.60. The molecule has 0 aromatic carbocycles. The zero-order valence-corrected chi connectivity index (χ0v) is 22.4. The van der Waals surface area contributed by atoms with Crippen LogP contribution in [0.2, 0.25) is 0 Å². The molecule has 5 rings (SSSR count). The first kappa shape index (κ1) is 25.3. The lowest BCUT2D eigenvalue weighted by atomic mass is 9.84. The van der Waals surface area contributed by atoms with E-state index in [1.165, 1.54) is 10.6 Å². The zero-order valence-electron chi connectivity index (χ0n) is 21.6. The maximum atomic E-state index is 12.4. The number of hydrogen-bond acceptors (Lipinski definition) is 9. The van der Waals surface area contributed by atoms with Crippen LogP contribution in [0.1, 0.15) is 61.6 Å². The van der Waals surface area contributed by atoms with Gasteiger partial charge in [0.2, 0.25) is 15.9 Å². The molecule has 1 N–H and O–H groups in total. The Labute approximate surface area is 216 Å². The zero-order chi connectivity index (χ0) is 26.5. The molecule has 0 aliphatic carbocycles. The van der Waals surface area contributed by atoms with E-state index in [1.54, 1.807) is 18.3 Å². The Kier molecular flexibility index (Phi) is 6.31. The molecule has 11 heteroatoms. The van der Waals surface area contributed by atoms with E-state index in [1.807, 2.05) is 33.0 Å². The molecule has 1 unspecified atom stereocenters. The molecule has 3 aromatic rings. The lowest BCUT2D eigenvalue weighted by Gasteiger charge is -2.36. The van der Waals surface area contributed by atoms with Gasteiger partial charge in [-0.1, -0.05) is 20.3 Å². The predicted octanol–water partition coefficient (Wildman–Crippen LogP) is 3.80. The van der Waals surface area contributed by atoms with Gasteiger partial charge < -0.3 is 14.8 Å². The smallest absolute Gasteiger partial charge is 0.340 e. The topological polar surface area (TPSA) is 124 Å². The molecule has 0 radical (unpaired) electrons. The second-order valence-corrected chi connectivity index (χ2v) is 12.2. The number of aryl methyl sites for hydroxylation is 1. The van der Waals surface area contributed by atoms with Gasteiger partial charge in [-0.05, 0) is 49.4 Å². The first-order valence-electron chi connectivity index (χ1n) is 12.4. The molecule has 0 amide bonds. The summed E-state index contributed by atoms with van der Waals surface area (Å²) in [5, 5.41) is 5.00. The number of carbonyl (C=O) groups excluding carboxylic acids is 1. The molecule has 5 heterocycles. The number of carbonyl (C=O) groups is 1. The van der Waals surface area contributed by atoms with Crippen molar-refractivity contribution in [1.82, 2.24) is 19.3 Å². The number of fused-ring (bicyclic) bond motifs is 2. The molecule has 37 heavy (non-hydrogen) atoms. The predicted molar refractivity (Wildman–Crippen MR) is 140 cm³/mol. The Morgan fingerprint density at radius 1 is 1.16 bits per heavy atom. The van der Waals surface area contributed by atoms with Gasteiger partial charge in [-0.15, -0.1) is 0 Å². The fraction of sp³-hybridized carbons (Fsp3) is 0.462. The summed E-state index contributed by atoms with van der Waals surface area (Å²) in [7, 11) is -3.22. The van der Waals surface area contributed by atoms with Gasteiger partial charge in [0.1, 0.15) is 23.3 Å². The average molecular weight is 526 g/mol. The largest absolute Gasteiger partial charge is 0.471 e. The van der Waals surface area contributed by atoms with Crippen LogP contribution in [0.3, 0.4) is 0 Å². The van der Waals surface area contributed by atoms with Crippen molar-refractivity contribution >= 4 is 38.4 Å². The van der Waals surface area contributed by atoms with Crippen molar-refractivity contribution in [2.45, 2.75) is 58.2 Å². The van der Waals surface area contributed by atoms with E-state index in [0.29, 0.717) is 41.9 Å². The highest BCUT2D eigenvalue weighted by Crippen LogP contribution is 2.38. The summed E-state index contributed by atoms with van der Waals surface area (Å²) in [6.45, 7) is 8.48. The number of esters is 1. The number of nitrogens with zero attached hydrogens (tertiary/aromatic N) is 4. The summed E-state index contributed by atoms with van der Waals surface area (Å²) in [6, 6.07) is 5.42. The molecular weight excluding hydrogens is 494 g/mol. The number of anilines is 2. The van der Waals surface area contributed by atoms with Gasteiger partial charge in [0.05, 0.1) is 36.0 Å². The first-order valence-corrected chi connectivity index (χ1v) is 14.2. The van der Waals surface area contributed by atoms with E-state index in [2.05, 4.69) is 22.2 Å². The molecule has 10 nitrogen and oxygen atoms in total. The minimum absolute atomic E-state index is 0.0708. The van der Waals surface area contributed by atoms with Crippen molar-refractivity contribution < 1.29 is 22.7 Å². The van der Waals surface area contributed by atoms with E-state index in [0.717, 1.165) is 29.2 Å². The van der Waals surface area contributed by atoms with Gasteiger partial charge >= 0.3 is 5.97 Å². The highest BCUT2D eigenvalue weighted by molar-refractivity contribution is 7.88. The van der Waals surface area contributed by atoms with E-state index >= 15 is 0 Å². The Bertz CT molecular complexity index is 1480. The van der Waals surface area contributed by atoms with Crippen molar-refractivity contribution in [3.05, 3.63) is 47.4 Å². The molecule has 0 saturated carbocycles. The fourth-order valence-electron chi connectivity index (χ4n) is 4.59. The number of cyclic esters (lactones) is 1. The van der Waals surface area contributed by atoms with Crippen LogP contribution in [0, 0.1) is 0 Å². The first-order chi connectivity index (χ1) is 17.5. The van der Waals surface area contributed by atoms with Gasteiger partial charge in [-0.3, -0.25) is 0 Å². The minimum atomic E-state index is -3.22. The molecule has 3 aromatic heterocycles. The Morgan fingerprint density at radius 3 is 2.62 bits per heavy atom. The van der Waals surface area contributed by atoms with Gasteiger partial charge in [0.25, 0.3) is 0 Å². The van der Waals surface area contributed by atoms with Crippen molar-refractivity contribution in [3.8, 4) is 5.88 Å². The number of aromatic nitrogens is 3. The van der Waals surface area contributed by atoms with Crippen LogP contribution >= 0.6 is 0 Å². The lowest BCUT2D eigenvalue weighted by molar-refractivity contribution is -0.0189. The maximum absolute atomic E-state index is 12.4. The summed E-state index contributed by atoms with van der Waals surface area (Å²) in [4.78, 5) is 26.2. The number of pyridine rings is 3. The number of sulfonamides is 1. The van der Waals surface area contributed by atoms with Gasteiger partial charge in [-0.2, -0.15) is 4.31 Å². The van der Waals surface area contributed by atoms with Crippen LogP contribution in [0.4, 0.5) is 11.6 Å². The van der Waals surface area contributed by atoms with Crippen molar-refractivity contribution in [1.29, 1.82) is 0 Å². The van der Waals surface area contributed by atoms with Gasteiger partial charge in [0.15, 0.2) is 0 Å². The molecule has 0 bridgehead atoms. The molecule has 196 valence electrons. The number of rotatable bonds is 7. The van der Waals surface area contributed by atoms with Crippen molar-refractivity contribution in [3.63, 3.8) is 0 Å². The van der Waals surface area contributed by atoms with E-state index in [4.69, 9.17) is 14.5 Å². The summed E-state index contributed by atoms with van der Waals surface area (Å²) in [5.74, 6) is 1.19. The summed E-state index contributed by atoms with van der Waals surface area (Å²) < 4.78 is 36.4. The quantitative estimate of drug-likeness (QED) is 0.459. The average Bonchev–Trinajstić information content (AvgIpc) is 2.80. The Balaban J connectivity index is 1.43. The van der Waals surface area contributed by atoms with Crippen LogP contribution in [0.5, 0.6) is 5.88 Å². The number of ether oxygens (including phenoxy) is 2. The lowest BCUT2D eigenvalue weighted by Crippen LogP contribution is -2.55. The molecule has 1 atom stereocenters. The number of hydrogen-bond donors (Lipinski definition) is 1. The van der Waals surface area contributed by atoms with E-state index in [-0.39, 0.29) is 18.0 Å². The molecular formula is C26H31N5O5S. The third kappa shape index (κ3) is 4.85. The SMILES string of the molecule is CCCc1cnc(OC2CN(S(C)(=O)=O)C2)c2cnc(Nc3ccc4c(n3)C(C)C(C)(C)OC4=O)cc12. The monoisotopic (exact) mass is 525 g/mol. The fourth-order valence-corrected chi connectivity index (χ4v) is 5.47. The normalized spacial score (nSPS) is 19.7. The van der Waals surface area contributed by atoms with Gasteiger partial charge in [-0.25, -0.2) is 28.2 Å². The highest BCUT2D eigenvalue weighted by atomic mass is 32.2. The molecule has 1 fully saturated rings. The van der Waals surface area contributed by atoms with Crippen LogP contribution < -0.4 is 10.1 Å². The highest BCUT2D eigenvalue weighted by Gasteiger charge is 2.40. The van der Waals surface area contributed by atoms with Gasteiger partial charge in [0, 0.05) is 18.3 Å². The number of nitrogens with one attached hydrogen (secondary N) is 1. The Morgan fingerprint density at radius 2 is 1.92 bits per heavy atom. The van der Waals surface area contributed by atoms with E-state index in [9.17, 15) is 13.2 Å². The summed E-state index contributed by atoms with van der Waals surface area (Å²) in [6.07, 6.45) is 6.25. The van der Waals surface area contributed by atoms with E-state index < -0.39 is 15.6 Å². The molecule has 1 saturated heterocycles. The van der Waals surface area contributed by atoms with Crippen LogP contribution in [-0.4, -0.2) is 64.7 Å².